The van der Waals surface area contributed by atoms with Crippen molar-refractivity contribution in [3.05, 3.63) is 53.5 Å². The number of aliphatic hydroxyl groups is 1. The zero-order valence-electron chi connectivity index (χ0n) is 13.5. The van der Waals surface area contributed by atoms with Crippen molar-refractivity contribution in [2.24, 2.45) is 0 Å². The summed E-state index contributed by atoms with van der Waals surface area (Å²) in [6.45, 7) is 6.17. The fourth-order valence-electron chi connectivity index (χ4n) is 2.23. The van der Waals surface area contributed by atoms with E-state index in [0.717, 1.165) is 16.0 Å². The van der Waals surface area contributed by atoms with E-state index >= 15 is 0 Å². The van der Waals surface area contributed by atoms with E-state index in [2.05, 4.69) is 27.8 Å². The topological polar surface area (TPSA) is 87.6 Å². The summed E-state index contributed by atoms with van der Waals surface area (Å²) in [5, 5.41) is 29.2. The lowest BCUT2D eigenvalue weighted by molar-refractivity contribution is 0.420. The molecule has 1 aromatic carbocycles. The van der Waals surface area contributed by atoms with Crippen molar-refractivity contribution in [3.8, 4) is 6.07 Å². The lowest BCUT2D eigenvalue weighted by Gasteiger charge is -2.05. The second kappa shape index (κ2) is 7.51. The lowest BCUT2D eigenvalue weighted by Crippen LogP contribution is -2.01. The second-order valence-electron chi connectivity index (χ2n) is 5.14. The molecule has 0 fully saturated rings. The second-order valence-corrected chi connectivity index (χ2v) is 7.11. The number of hydrogen-bond donors (Lipinski definition) is 1. The number of aliphatic hydroxyl groups excluding tert-OH is 1. The summed E-state index contributed by atoms with van der Waals surface area (Å²) in [4.78, 5) is 4.43. The Morgan fingerprint density at radius 3 is 2.96 bits per heavy atom. The van der Waals surface area contributed by atoms with Crippen molar-refractivity contribution in [1.82, 2.24) is 19.7 Å². The highest BCUT2D eigenvalue weighted by molar-refractivity contribution is 7.99. The normalized spacial score (nSPS) is 12.0. The molecule has 3 aromatic rings. The van der Waals surface area contributed by atoms with Gasteiger partial charge in [-0.1, -0.05) is 30.0 Å². The van der Waals surface area contributed by atoms with Gasteiger partial charge in [-0.25, -0.2) is 4.98 Å². The molecule has 25 heavy (non-hydrogen) atoms. The van der Waals surface area contributed by atoms with Crippen molar-refractivity contribution in [3.63, 3.8) is 0 Å². The first-order valence-corrected chi connectivity index (χ1v) is 9.26. The summed E-state index contributed by atoms with van der Waals surface area (Å²) in [5.74, 6) is 0.976. The quantitative estimate of drug-likeness (QED) is 0.306. The molecule has 0 aliphatic carbocycles. The van der Waals surface area contributed by atoms with Crippen LogP contribution in [-0.4, -0.2) is 30.6 Å². The van der Waals surface area contributed by atoms with E-state index < -0.39 is 0 Å². The number of aromatic nitrogens is 4. The first-order chi connectivity index (χ1) is 12.1. The monoisotopic (exact) mass is 369 g/mol. The van der Waals surface area contributed by atoms with E-state index in [1.165, 1.54) is 23.1 Å². The fourth-order valence-corrected chi connectivity index (χ4v) is 4.08. The fraction of sp³-hybridized carbons (Fsp3) is 0.176. The smallest absolute Gasteiger partial charge is 0.191 e. The molecule has 8 heteroatoms. The van der Waals surface area contributed by atoms with Crippen LogP contribution in [0.2, 0.25) is 0 Å². The van der Waals surface area contributed by atoms with E-state index in [-0.39, 0.29) is 17.1 Å². The van der Waals surface area contributed by atoms with E-state index in [1.807, 2.05) is 35.8 Å². The van der Waals surface area contributed by atoms with E-state index in [0.29, 0.717) is 16.7 Å². The Kier molecular flexibility index (Phi) is 5.16. The zero-order chi connectivity index (χ0) is 17.8. The molecule has 0 atom stereocenters. The molecule has 0 bridgehead atoms. The maximum atomic E-state index is 10.4. The van der Waals surface area contributed by atoms with E-state index in [9.17, 15) is 10.4 Å². The number of nitrogens with zero attached hydrogens (tertiary/aromatic N) is 5. The maximum absolute atomic E-state index is 10.4. The molecule has 0 saturated carbocycles. The Hall–Kier alpha value is -2.63. The van der Waals surface area contributed by atoms with Gasteiger partial charge < -0.3 is 9.67 Å². The molecule has 0 saturated heterocycles. The SMILES string of the molecule is C=CCn1c(C)nnc1SC/C(O)=C(\C#N)c1nc2ccccc2s1. The predicted octanol–water partition coefficient (Wildman–Crippen LogP) is 3.97. The van der Waals surface area contributed by atoms with Crippen LogP contribution in [0, 0.1) is 18.3 Å². The van der Waals surface area contributed by atoms with Crippen molar-refractivity contribution in [1.29, 1.82) is 5.26 Å². The van der Waals surface area contributed by atoms with Crippen molar-refractivity contribution in [2.45, 2.75) is 18.6 Å². The van der Waals surface area contributed by atoms with Crippen LogP contribution in [0.3, 0.4) is 0 Å². The summed E-state index contributed by atoms with van der Waals surface area (Å²) in [6, 6.07) is 9.71. The number of benzene rings is 1. The van der Waals surface area contributed by atoms with Gasteiger partial charge in [0.25, 0.3) is 0 Å². The first-order valence-electron chi connectivity index (χ1n) is 7.45. The molecule has 126 valence electrons. The third-order valence-electron chi connectivity index (χ3n) is 3.46. The van der Waals surface area contributed by atoms with Gasteiger partial charge in [-0.2, -0.15) is 5.26 Å². The molecular formula is C17H15N5OS2. The van der Waals surface area contributed by atoms with E-state index in [4.69, 9.17) is 0 Å². The van der Waals surface area contributed by atoms with Crippen LogP contribution in [0.1, 0.15) is 10.8 Å². The third kappa shape index (κ3) is 3.57. The molecule has 0 spiro atoms. The summed E-state index contributed by atoms with van der Waals surface area (Å²) in [5.41, 5.74) is 1.01. The molecular weight excluding hydrogens is 354 g/mol. The van der Waals surface area contributed by atoms with Gasteiger partial charge in [0, 0.05) is 6.54 Å². The number of nitriles is 1. The third-order valence-corrected chi connectivity index (χ3v) is 5.49. The predicted molar refractivity (Wildman–Crippen MR) is 100 cm³/mol. The average molecular weight is 369 g/mol. The Balaban J connectivity index is 1.85. The molecule has 2 aromatic heterocycles. The Bertz CT molecular complexity index is 963. The van der Waals surface area contributed by atoms with Gasteiger partial charge in [0.1, 0.15) is 28.2 Å². The lowest BCUT2D eigenvalue weighted by atomic mass is 10.2. The van der Waals surface area contributed by atoms with Crippen LogP contribution in [0.15, 0.2) is 47.8 Å². The minimum Gasteiger partial charge on any atom is -0.510 e. The van der Waals surface area contributed by atoms with Crippen molar-refractivity contribution >= 4 is 38.9 Å². The highest BCUT2D eigenvalue weighted by atomic mass is 32.2. The number of thiazole rings is 1. The number of fused-ring (bicyclic) bond motifs is 1. The van der Waals surface area contributed by atoms with E-state index in [1.54, 1.807) is 6.08 Å². The van der Waals surface area contributed by atoms with Crippen molar-refractivity contribution in [2.75, 3.05) is 5.75 Å². The molecule has 2 heterocycles. The van der Waals surface area contributed by atoms with Gasteiger partial charge in [0.2, 0.25) is 0 Å². The molecule has 0 aliphatic heterocycles. The van der Waals surface area contributed by atoms with Gasteiger partial charge >= 0.3 is 0 Å². The summed E-state index contributed by atoms with van der Waals surface area (Å²) < 4.78 is 2.88. The minimum absolute atomic E-state index is 0.0163. The molecule has 3 rings (SSSR count). The van der Waals surface area contributed by atoms with Crippen LogP contribution >= 0.6 is 23.1 Å². The van der Waals surface area contributed by atoms with Gasteiger partial charge in [0.15, 0.2) is 5.16 Å². The number of aryl methyl sites for hydroxylation is 1. The summed E-state index contributed by atoms with van der Waals surface area (Å²) in [6.07, 6.45) is 1.76. The van der Waals surface area contributed by atoms with Gasteiger partial charge in [-0.3, -0.25) is 0 Å². The number of rotatable bonds is 6. The molecule has 1 N–H and O–H groups in total. The average Bonchev–Trinajstić information content (AvgIpc) is 3.18. The molecule has 6 nitrogen and oxygen atoms in total. The molecule has 0 radical (unpaired) electrons. The maximum Gasteiger partial charge on any atom is 0.191 e. The van der Waals surface area contributed by atoms with Crippen LogP contribution in [0.5, 0.6) is 0 Å². The van der Waals surface area contributed by atoms with Crippen LogP contribution in [-0.2, 0) is 6.54 Å². The van der Waals surface area contributed by atoms with Gasteiger partial charge in [-0.15, -0.1) is 28.1 Å². The van der Waals surface area contributed by atoms with Gasteiger partial charge in [0.05, 0.1) is 16.0 Å². The number of thioether (sulfide) groups is 1. The Labute approximate surface area is 153 Å². The van der Waals surface area contributed by atoms with Crippen LogP contribution < -0.4 is 0 Å². The highest BCUT2D eigenvalue weighted by Gasteiger charge is 2.16. The Morgan fingerprint density at radius 2 is 2.24 bits per heavy atom. The number of hydrogen-bond acceptors (Lipinski definition) is 7. The van der Waals surface area contributed by atoms with Crippen LogP contribution in [0.25, 0.3) is 15.8 Å². The molecule has 0 amide bonds. The summed E-state index contributed by atoms with van der Waals surface area (Å²) >= 11 is 2.71. The van der Waals surface area contributed by atoms with Crippen LogP contribution in [0.4, 0.5) is 0 Å². The molecule has 0 aliphatic rings. The number of para-hydroxylation sites is 1. The highest BCUT2D eigenvalue weighted by Crippen LogP contribution is 2.29. The standard InChI is InChI=1S/C17H15N5OS2/c1-3-8-22-11(2)20-21-17(22)24-10-14(23)12(9-18)16-19-13-6-4-5-7-15(13)25-16/h3-7,23H,1,8,10H2,2H3/b14-12-. The number of allylic oxidation sites excluding steroid dienone is 2. The molecule has 0 unspecified atom stereocenters. The van der Waals surface area contributed by atoms with Crippen molar-refractivity contribution < 1.29 is 5.11 Å². The first kappa shape index (κ1) is 17.2. The largest absolute Gasteiger partial charge is 0.510 e. The minimum atomic E-state index is -0.0163. The summed E-state index contributed by atoms with van der Waals surface area (Å²) in [7, 11) is 0. The Morgan fingerprint density at radius 1 is 1.44 bits per heavy atom. The van der Waals surface area contributed by atoms with Gasteiger partial charge in [-0.05, 0) is 19.1 Å². The zero-order valence-corrected chi connectivity index (χ0v) is 15.1.